The van der Waals surface area contributed by atoms with Crippen LogP contribution in [0.1, 0.15) is 59.0 Å². The van der Waals surface area contributed by atoms with E-state index in [9.17, 15) is 0 Å². The van der Waals surface area contributed by atoms with E-state index in [-0.39, 0.29) is 11.0 Å². The maximum Gasteiger partial charge on any atom is 0.185 e. The lowest BCUT2D eigenvalue weighted by atomic mass is 9.96. The molecular formula is C16H31N3S. The van der Waals surface area contributed by atoms with Crippen LogP contribution in [-0.4, -0.2) is 24.1 Å². The molecule has 0 saturated heterocycles. The number of nitrogens with one attached hydrogen (secondary N) is 1. The van der Waals surface area contributed by atoms with E-state index < -0.39 is 0 Å². The molecular weight excluding hydrogens is 266 g/mol. The second-order valence-electron chi connectivity index (χ2n) is 7.74. The standard InChI is InChI=1S/C16H31N3S/c1-9-12-13(10-17-16(5,6)7)20-14(18-12)19(8)11-15(2,3)4/h17H,9-11H2,1-8H3. The first-order chi connectivity index (χ1) is 9.02. The van der Waals surface area contributed by atoms with Gasteiger partial charge < -0.3 is 10.2 Å². The monoisotopic (exact) mass is 297 g/mol. The Labute approximate surface area is 128 Å². The largest absolute Gasteiger partial charge is 0.351 e. The highest BCUT2D eigenvalue weighted by molar-refractivity contribution is 7.15. The van der Waals surface area contributed by atoms with Gasteiger partial charge in [0.15, 0.2) is 5.13 Å². The molecule has 1 aromatic rings. The molecule has 0 aliphatic heterocycles. The van der Waals surface area contributed by atoms with Gasteiger partial charge in [-0.25, -0.2) is 4.98 Å². The number of thiazole rings is 1. The van der Waals surface area contributed by atoms with E-state index in [2.05, 4.69) is 65.7 Å². The molecule has 0 atom stereocenters. The van der Waals surface area contributed by atoms with Crippen LogP contribution >= 0.6 is 11.3 Å². The normalized spacial score (nSPS) is 12.8. The van der Waals surface area contributed by atoms with E-state index in [1.54, 1.807) is 0 Å². The molecule has 0 aliphatic carbocycles. The molecule has 0 radical (unpaired) electrons. The van der Waals surface area contributed by atoms with Crippen LogP contribution in [0.5, 0.6) is 0 Å². The molecule has 1 heterocycles. The summed E-state index contributed by atoms with van der Waals surface area (Å²) in [5, 5.41) is 4.71. The molecule has 0 unspecified atom stereocenters. The minimum atomic E-state index is 0.145. The van der Waals surface area contributed by atoms with Crippen molar-refractivity contribution in [2.45, 2.75) is 67.0 Å². The van der Waals surface area contributed by atoms with Crippen molar-refractivity contribution < 1.29 is 0 Å². The van der Waals surface area contributed by atoms with Crippen LogP contribution in [0, 0.1) is 5.41 Å². The van der Waals surface area contributed by atoms with Gasteiger partial charge in [0.25, 0.3) is 0 Å². The van der Waals surface area contributed by atoms with Crippen LogP contribution in [0.3, 0.4) is 0 Å². The maximum absolute atomic E-state index is 4.82. The summed E-state index contributed by atoms with van der Waals surface area (Å²) in [5.41, 5.74) is 1.67. The summed E-state index contributed by atoms with van der Waals surface area (Å²) in [7, 11) is 2.14. The third kappa shape index (κ3) is 5.80. The van der Waals surface area contributed by atoms with E-state index in [1.165, 1.54) is 10.6 Å². The van der Waals surface area contributed by atoms with Crippen LogP contribution in [0.4, 0.5) is 5.13 Å². The Bertz CT molecular complexity index is 424. The second-order valence-corrected chi connectivity index (χ2v) is 8.80. The molecule has 1 aromatic heterocycles. The first-order valence-electron chi connectivity index (χ1n) is 7.46. The van der Waals surface area contributed by atoms with Crippen molar-refractivity contribution in [3.05, 3.63) is 10.6 Å². The average molecular weight is 298 g/mol. The van der Waals surface area contributed by atoms with Gasteiger partial charge in [-0.15, -0.1) is 11.3 Å². The number of hydrogen-bond donors (Lipinski definition) is 1. The van der Waals surface area contributed by atoms with E-state index in [4.69, 9.17) is 4.98 Å². The number of nitrogens with zero attached hydrogens (tertiary/aromatic N) is 2. The summed E-state index contributed by atoms with van der Waals surface area (Å²) in [6.45, 7) is 17.5. The van der Waals surface area contributed by atoms with Crippen molar-refractivity contribution in [3.63, 3.8) is 0 Å². The molecule has 0 spiro atoms. The van der Waals surface area contributed by atoms with Gasteiger partial charge in [0.1, 0.15) is 0 Å². The number of aryl methyl sites for hydroxylation is 1. The van der Waals surface area contributed by atoms with E-state index in [1.807, 2.05) is 11.3 Å². The summed E-state index contributed by atoms with van der Waals surface area (Å²) in [6, 6.07) is 0. The van der Waals surface area contributed by atoms with Gasteiger partial charge in [0.05, 0.1) is 5.69 Å². The van der Waals surface area contributed by atoms with E-state index in [0.29, 0.717) is 0 Å². The second kappa shape index (κ2) is 6.44. The van der Waals surface area contributed by atoms with Crippen molar-refractivity contribution in [2.75, 3.05) is 18.5 Å². The summed E-state index contributed by atoms with van der Waals surface area (Å²) in [6.07, 6.45) is 1.00. The zero-order valence-electron chi connectivity index (χ0n) is 14.4. The Hall–Kier alpha value is -0.610. The van der Waals surface area contributed by atoms with Crippen LogP contribution in [0.25, 0.3) is 0 Å². The highest BCUT2D eigenvalue weighted by atomic mass is 32.1. The quantitative estimate of drug-likeness (QED) is 0.887. The van der Waals surface area contributed by atoms with Gasteiger partial charge in [0, 0.05) is 30.6 Å². The third-order valence-electron chi connectivity index (χ3n) is 2.92. The minimum absolute atomic E-state index is 0.145. The molecule has 20 heavy (non-hydrogen) atoms. The van der Waals surface area contributed by atoms with Gasteiger partial charge in [-0.1, -0.05) is 27.7 Å². The Morgan fingerprint density at radius 3 is 2.20 bits per heavy atom. The molecule has 0 fully saturated rings. The lowest BCUT2D eigenvalue weighted by Crippen LogP contribution is -2.35. The lowest BCUT2D eigenvalue weighted by Gasteiger charge is -2.26. The maximum atomic E-state index is 4.82. The third-order valence-corrected chi connectivity index (χ3v) is 4.13. The van der Waals surface area contributed by atoms with Crippen molar-refractivity contribution in [1.29, 1.82) is 0 Å². The topological polar surface area (TPSA) is 28.2 Å². The fourth-order valence-corrected chi connectivity index (χ4v) is 3.12. The summed E-state index contributed by atoms with van der Waals surface area (Å²) in [5.74, 6) is 0. The van der Waals surface area contributed by atoms with Gasteiger partial charge in [-0.05, 0) is 32.6 Å². The Morgan fingerprint density at radius 1 is 1.15 bits per heavy atom. The molecule has 1 N–H and O–H groups in total. The minimum Gasteiger partial charge on any atom is -0.351 e. The molecule has 0 bridgehead atoms. The number of aromatic nitrogens is 1. The first-order valence-corrected chi connectivity index (χ1v) is 8.28. The highest BCUT2D eigenvalue weighted by Gasteiger charge is 2.19. The van der Waals surface area contributed by atoms with Gasteiger partial charge >= 0.3 is 0 Å². The lowest BCUT2D eigenvalue weighted by molar-refractivity contribution is 0.418. The Balaban J connectivity index is 2.83. The molecule has 0 aromatic carbocycles. The van der Waals surface area contributed by atoms with Crippen LogP contribution in [-0.2, 0) is 13.0 Å². The van der Waals surface area contributed by atoms with Crippen LogP contribution in [0.15, 0.2) is 0 Å². The average Bonchev–Trinajstić information content (AvgIpc) is 2.66. The summed E-state index contributed by atoms with van der Waals surface area (Å²) >= 11 is 1.83. The van der Waals surface area contributed by atoms with Crippen molar-refractivity contribution in [2.24, 2.45) is 5.41 Å². The first kappa shape index (κ1) is 17.4. The van der Waals surface area contributed by atoms with Crippen LogP contribution in [0.2, 0.25) is 0 Å². The zero-order valence-corrected chi connectivity index (χ0v) is 15.2. The smallest absolute Gasteiger partial charge is 0.185 e. The van der Waals surface area contributed by atoms with Crippen molar-refractivity contribution in [3.8, 4) is 0 Å². The highest BCUT2D eigenvalue weighted by Crippen LogP contribution is 2.28. The predicted molar refractivity (Wildman–Crippen MR) is 90.8 cm³/mol. The Kier molecular flexibility index (Phi) is 5.61. The molecule has 1 rings (SSSR count). The van der Waals surface area contributed by atoms with Crippen molar-refractivity contribution in [1.82, 2.24) is 10.3 Å². The molecule has 0 amide bonds. The predicted octanol–water partition coefficient (Wildman–Crippen LogP) is 4.08. The van der Waals surface area contributed by atoms with Gasteiger partial charge in [0.2, 0.25) is 0 Å². The van der Waals surface area contributed by atoms with E-state index >= 15 is 0 Å². The summed E-state index contributed by atoms with van der Waals surface area (Å²) in [4.78, 5) is 8.47. The number of anilines is 1. The summed E-state index contributed by atoms with van der Waals surface area (Å²) < 4.78 is 0. The molecule has 4 heteroatoms. The zero-order chi connectivity index (χ0) is 15.6. The fourth-order valence-electron chi connectivity index (χ4n) is 2.07. The van der Waals surface area contributed by atoms with Gasteiger partial charge in [-0.2, -0.15) is 0 Å². The Morgan fingerprint density at radius 2 is 1.75 bits per heavy atom. The molecule has 0 saturated carbocycles. The van der Waals surface area contributed by atoms with Crippen LogP contribution < -0.4 is 10.2 Å². The SMILES string of the molecule is CCc1nc(N(C)CC(C)(C)C)sc1CNC(C)(C)C. The molecule has 0 aliphatic rings. The van der Waals surface area contributed by atoms with Gasteiger partial charge in [-0.3, -0.25) is 0 Å². The molecule has 3 nitrogen and oxygen atoms in total. The fraction of sp³-hybridized carbons (Fsp3) is 0.812. The molecule has 116 valence electrons. The number of rotatable bonds is 5. The number of hydrogen-bond acceptors (Lipinski definition) is 4. The van der Waals surface area contributed by atoms with Crippen molar-refractivity contribution >= 4 is 16.5 Å². The van der Waals surface area contributed by atoms with E-state index in [0.717, 1.165) is 24.6 Å².